The predicted molar refractivity (Wildman–Crippen MR) is 79.9 cm³/mol. The summed E-state index contributed by atoms with van der Waals surface area (Å²) in [7, 11) is 0. The van der Waals surface area contributed by atoms with Gasteiger partial charge >= 0.3 is 0 Å². The van der Waals surface area contributed by atoms with Crippen LogP contribution < -0.4 is 10.1 Å². The first-order valence-corrected chi connectivity index (χ1v) is 6.84. The summed E-state index contributed by atoms with van der Waals surface area (Å²) in [5.41, 5.74) is 0.583. The number of amides is 1. The highest BCUT2D eigenvalue weighted by Crippen LogP contribution is 2.13. The van der Waals surface area contributed by atoms with E-state index in [1.165, 1.54) is 0 Å². The van der Waals surface area contributed by atoms with Crippen molar-refractivity contribution in [3.63, 3.8) is 0 Å². The molecule has 0 spiro atoms. The molecule has 0 radical (unpaired) electrons. The maximum Gasteiger partial charge on any atom is 0.251 e. The van der Waals surface area contributed by atoms with Crippen molar-refractivity contribution >= 4 is 5.91 Å². The number of ether oxygens (including phenoxy) is 1. The summed E-state index contributed by atoms with van der Waals surface area (Å²) in [5, 5.41) is 12.0. The molecule has 4 heteroatoms. The number of rotatable bonds is 8. The van der Waals surface area contributed by atoms with Crippen LogP contribution in [0.3, 0.4) is 0 Å². The van der Waals surface area contributed by atoms with Crippen molar-refractivity contribution in [2.45, 2.75) is 26.3 Å². The summed E-state index contributed by atoms with van der Waals surface area (Å²) in [6.45, 7) is 8.13. The zero-order valence-corrected chi connectivity index (χ0v) is 12.1. The fourth-order valence-corrected chi connectivity index (χ4v) is 1.82. The van der Waals surface area contributed by atoms with Gasteiger partial charge in [0, 0.05) is 18.2 Å². The first-order chi connectivity index (χ1) is 9.58. The molecule has 1 amide bonds. The second-order valence-electron chi connectivity index (χ2n) is 4.96. The minimum atomic E-state index is -0.132. The van der Waals surface area contributed by atoms with E-state index in [1.54, 1.807) is 30.3 Å². The molecule has 20 heavy (non-hydrogen) atoms. The molecule has 0 aromatic heterocycles. The molecule has 0 aliphatic rings. The van der Waals surface area contributed by atoms with Gasteiger partial charge in [-0.2, -0.15) is 0 Å². The molecule has 1 rings (SSSR count). The molecule has 1 aromatic carbocycles. The second kappa shape index (κ2) is 8.38. The molecule has 0 heterocycles. The van der Waals surface area contributed by atoms with Crippen LogP contribution in [0, 0.1) is 5.92 Å². The van der Waals surface area contributed by atoms with E-state index in [0.29, 0.717) is 24.3 Å². The SMILES string of the molecule is C=CCOc1ccc(C(=O)NC(CCO)C(C)C)cc1. The van der Waals surface area contributed by atoms with Gasteiger partial charge in [-0.15, -0.1) is 0 Å². The minimum Gasteiger partial charge on any atom is -0.490 e. The normalized spacial score (nSPS) is 12.0. The van der Waals surface area contributed by atoms with E-state index in [9.17, 15) is 4.79 Å². The van der Waals surface area contributed by atoms with Crippen LogP contribution in [0.25, 0.3) is 0 Å². The average molecular weight is 277 g/mol. The summed E-state index contributed by atoms with van der Waals surface area (Å²) < 4.78 is 5.36. The van der Waals surface area contributed by atoms with Gasteiger partial charge in [0.2, 0.25) is 0 Å². The van der Waals surface area contributed by atoms with Crippen LogP contribution in [0.4, 0.5) is 0 Å². The molecule has 0 saturated carbocycles. The van der Waals surface area contributed by atoms with E-state index < -0.39 is 0 Å². The number of benzene rings is 1. The smallest absolute Gasteiger partial charge is 0.251 e. The van der Waals surface area contributed by atoms with Gasteiger partial charge in [-0.3, -0.25) is 4.79 Å². The van der Waals surface area contributed by atoms with Crippen molar-refractivity contribution in [1.29, 1.82) is 0 Å². The number of carbonyl (C=O) groups excluding carboxylic acids is 1. The highest BCUT2D eigenvalue weighted by molar-refractivity contribution is 5.94. The van der Waals surface area contributed by atoms with Gasteiger partial charge in [-0.05, 0) is 36.6 Å². The molecule has 2 N–H and O–H groups in total. The van der Waals surface area contributed by atoms with Gasteiger partial charge in [0.15, 0.2) is 0 Å². The third-order valence-corrected chi connectivity index (χ3v) is 3.05. The lowest BCUT2D eigenvalue weighted by molar-refractivity contribution is 0.0916. The molecule has 0 fully saturated rings. The largest absolute Gasteiger partial charge is 0.490 e. The molecule has 0 aliphatic heterocycles. The van der Waals surface area contributed by atoms with Crippen molar-refractivity contribution in [3.8, 4) is 5.75 Å². The molecule has 4 nitrogen and oxygen atoms in total. The second-order valence-corrected chi connectivity index (χ2v) is 4.96. The highest BCUT2D eigenvalue weighted by Gasteiger charge is 2.16. The Balaban J connectivity index is 2.64. The van der Waals surface area contributed by atoms with Gasteiger partial charge in [0.25, 0.3) is 5.91 Å². The predicted octanol–water partition coefficient (Wildman–Crippen LogP) is 2.39. The molecule has 0 aliphatic carbocycles. The third-order valence-electron chi connectivity index (χ3n) is 3.05. The van der Waals surface area contributed by atoms with E-state index >= 15 is 0 Å². The monoisotopic (exact) mass is 277 g/mol. The molecule has 0 saturated heterocycles. The Labute approximate surface area is 120 Å². The Morgan fingerprint density at radius 2 is 2.05 bits per heavy atom. The number of hydrogen-bond donors (Lipinski definition) is 2. The van der Waals surface area contributed by atoms with Crippen LogP contribution in [0.1, 0.15) is 30.6 Å². The maximum absolute atomic E-state index is 12.1. The zero-order valence-electron chi connectivity index (χ0n) is 12.1. The summed E-state index contributed by atoms with van der Waals surface area (Å²) in [6, 6.07) is 6.95. The average Bonchev–Trinajstić information content (AvgIpc) is 2.45. The number of nitrogens with one attached hydrogen (secondary N) is 1. The summed E-state index contributed by atoms with van der Waals surface area (Å²) >= 11 is 0. The summed E-state index contributed by atoms with van der Waals surface area (Å²) in [5.74, 6) is 0.853. The fourth-order valence-electron chi connectivity index (χ4n) is 1.82. The number of hydrogen-bond acceptors (Lipinski definition) is 3. The van der Waals surface area contributed by atoms with E-state index in [0.717, 1.165) is 0 Å². The first kappa shape index (κ1) is 16.2. The van der Waals surface area contributed by atoms with Crippen LogP contribution in [0.2, 0.25) is 0 Å². The lowest BCUT2D eigenvalue weighted by atomic mass is 10.0. The Morgan fingerprint density at radius 1 is 1.40 bits per heavy atom. The molecule has 110 valence electrons. The highest BCUT2D eigenvalue weighted by atomic mass is 16.5. The summed E-state index contributed by atoms with van der Waals surface area (Å²) in [4.78, 5) is 12.1. The topological polar surface area (TPSA) is 58.6 Å². The van der Waals surface area contributed by atoms with Crippen LogP contribution >= 0.6 is 0 Å². The lowest BCUT2D eigenvalue weighted by Gasteiger charge is -2.21. The Bertz CT molecular complexity index is 426. The standard InChI is InChI=1S/C16H23NO3/c1-4-11-20-14-7-5-13(6-8-14)16(19)17-15(9-10-18)12(2)3/h4-8,12,15,18H,1,9-11H2,2-3H3,(H,17,19). The number of aliphatic hydroxyl groups excluding tert-OH is 1. The van der Waals surface area contributed by atoms with Crippen LogP contribution in [0.15, 0.2) is 36.9 Å². The number of aliphatic hydroxyl groups is 1. The van der Waals surface area contributed by atoms with E-state index in [2.05, 4.69) is 11.9 Å². The van der Waals surface area contributed by atoms with Crippen molar-refractivity contribution in [2.24, 2.45) is 5.92 Å². The third kappa shape index (κ3) is 5.05. The van der Waals surface area contributed by atoms with Gasteiger partial charge in [0.1, 0.15) is 12.4 Å². The Hall–Kier alpha value is -1.81. The molecular formula is C16H23NO3. The van der Waals surface area contributed by atoms with Gasteiger partial charge in [-0.25, -0.2) is 0 Å². The van der Waals surface area contributed by atoms with Crippen molar-refractivity contribution in [2.75, 3.05) is 13.2 Å². The van der Waals surface area contributed by atoms with Crippen molar-refractivity contribution < 1.29 is 14.6 Å². The van der Waals surface area contributed by atoms with E-state index in [4.69, 9.17) is 9.84 Å². The molecular weight excluding hydrogens is 254 g/mol. The van der Waals surface area contributed by atoms with Crippen LogP contribution in [-0.4, -0.2) is 30.3 Å². The molecule has 1 unspecified atom stereocenters. The van der Waals surface area contributed by atoms with Gasteiger partial charge < -0.3 is 15.2 Å². The van der Waals surface area contributed by atoms with Crippen LogP contribution in [-0.2, 0) is 0 Å². The molecule has 1 atom stereocenters. The van der Waals surface area contributed by atoms with Crippen LogP contribution in [0.5, 0.6) is 5.75 Å². The Kier molecular flexibility index (Phi) is 6.81. The first-order valence-electron chi connectivity index (χ1n) is 6.84. The molecule has 1 aromatic rings. The lowest BCUT2D eigenvalue weighted by Crippen LogP contribution is -2.39. The quantitative estimate of drug-likeness (QED) is 0.717. The number of carbonyl (C=O) groups is 1. The van der Waals surface area contributed by atoms with E-state index in [1.807, 2.05) is 13.8 Å². The summed E-state index contributed by atoms with van der Waals surface area (Å²) in [6.07, 6.45) is 2.23. The maximum atomic E-state index is 12.1. The van der Waals surface area contributed by atoms with E-state index in [-0.39, 0.29) is 24.5 Å². The Morgan fingerprint density at radius 3 is 2.55 bits per heavy atom. The zero-order chi connectivity index (χ0) is 15.0. The van der Waals surface area contributed by atoms with Gasteiger partial charge in [-0.1, -0.05) is 26.5 Å². The van der Waals surface area contributed by atoms with Gasteiger partial charge in [0.05, 0.1) is 0 Å². The van der Waals surface area contributed by atoms with Crippen molar-refractivity contribution in [3.05, 3.63) is 42.5 Å². The fraction of sp³-hybridized carbons (Fsp3) is 0.438. The minimum absolute atomic E-state index is 0.0239. The van der Waals surface area contributed by atoms with Crippen molar-refractivity contribution in [1.82, 2.24) is 5.32 Å². The molecule has 0 bridgehead atoms.